The molecule has 1 fully saturated rings. The number of hydrogen-bond acceptors (Lipinski definition) is 3. The lowest BCUT2D eigenvalue weighted by Crippen LogP contribution is -2.41. The van der Waals surface area contributed by atoms with Crippen molar-refractivity contribution in [3.8, 4) is 0 Å². The zero-order valence-electron chi connectivity index (χ0n) is 12.8. The van der Waals surface area contributed by atoms with Crippen LogP contribution in [0.5, 0.6) is 0 Å². The second kappa shape index (κ2) is 6.40. The molecule has 110 valence electrons. The van der Waals surface area contributed by atoms with Gasteiger partial charge in [0.25, 0.3) is 0 Å². The van der Waals surface area contributed by atoms with Crippen LogP contribution in [0.2, 0.25) is 0 Å². The molecule has 0 aliphatic carbocycles. The summed E-state index contributed by atoms with van der Waals surface area (Å²) < 4.78 is 5.99. The van der Waals surface area contributed by atoms with Crippen LogP contribution in [0.15, 0.2) is 30.3 Å². The van der Waals surface area contributed by atoms with Gasteiger partial charge in [-0.2, -0.15) is 0 Å². The highest BCUT2D eigenvalue weighted by Crippen LogP contribution is 2.40. The highest BCUT2D eigenvalue weighted by atomic mass is 16.6. The summed E-state index contributed by atoms with van der Waals surface area (Å²) >= 11 is 0. The fourth-order valence-electron chi connectivity index (χ4n) is 3.20. The van der Waals surface area contributed by atoms with Gasteiger partial charge >= 0.3 is 5.97 Å². The molecule has 0 amide bonds. The van der Waals surface area contributed by atoms with Crippen molar-refractivity contribution in [1.29, 1.82) is 0 Å². The second-order valence-electron chi connectivity index (χ2n) is 5.85. The first-order chi connectivity index (χ1) is 9.58. The van der Waals surface area contributed by atoms with Crippen LogP contribution in [0.25, 0.3) is 0 Å². The third-order valence-electron chi connectivity index (χ3n) is 4.32. The molecule has 1 heterocycles. The number of rotatable bonds is 3. The van der Waals surface area contributed by atoms with Crippen LogP contribution in [-0.2, 0) is 15.1 Å². The van der Waals surface area contributed by atoms with Crippen molar-refractivity contribution in [2.45, 2.75) is 38.7 Å². The van der Waals surface area contributed by atoms with Gasteiger partial charge in [0.05, 0.1) is 0 Å². The molecule has 3 heteroatoms. The summed E-state index contributed by atoms with van der Waals surface area (Å²) in [6.45, 7) is 6.06. The molecule has 0 saturated carbocycles. The molecule has 0 bridgehead atoms. The average Bonchev–Trinajstić information content (AvgIpc) is 2.59. The fraction of sp³-hybridized carbons (Fsp3) is 0.588. The van der Waals surface area contributed by atoms with Gasteiger partial charge in [-0.15, -0.1) is 0 Å². The van der Waals surface area contributed by atoms with E-state index in [1.165, 1.54) is 0 Å². The van der Waals surface area contributed by atoms with Crippen LogP contribution in [0.3, 0.4) is 0 Å². The molecule has 0 radical (unpaired) electrons. The van der Waals surface area contributed by atoms with E-state index in [4.69, 9.17) is 4.74 Å². The van der Waals surface area contributed by atoms with Crippen LogP contribution in [0, 0.1) is 5.92 Å². The van der Waals surface area contributed by atoms with Gasteiger partial charge in [0.1, 0.15) is 5.60 Å². The number of carbonyl (C=O) groups excluding carboxylic acids is 1. The average molecular weight is 275 g/mol. The smallest absolute Gasteiger partial charge is 0.306 e. The molecule has 1 aromatic rings. The molecule has 2 rings (SSSR count). The summed E-state index contributed by atoms with van der Waals surface area (Å²) in [5.74, 6) is 0.179. The molecule has 0 spiro atoms. The van der Waals surface area contributed by atoms with E-state index < -0.39 is 5.60 Å². The van der Waals surface area contributed by atoms with Gasteiger partial charge in [-0.05, 0) is 32.0 Å². The van der Waals surface area contributed by atoms with E-state index >= 15 is 0 Å². The quantitative estimate of drug-likeness (QED) is 0.793. The largest absolute Gasteiger partial charge is 0.454 e. The molecule has 2 atom stereocenters. The first-order valence-electron chi connectivity index (χ1n) is 7.54. The Balaban J connectivity index is 2.39. The van der Waals surface area contributed by atoms with Crippen LogP contribution in [0.4, 0.5) is 0 Å². The SMILES string of the molecule is CCC(=O)OC1(c2ccccc2)CCCN(C)CC1C. The van der Waals surface area contributed by atoms with Crippen molar-refractivity contribution in [1.82, 2.24) is 4.90 Å². The van der Waals surface area contributed by atoms with Gasteiger partial charge in [-0.3, -0.25) is 4.79 Å². The van der Waals surface area contributed by atoms with E-state index in [0.29, 0.717) is 6.42 Å². The van der Waals surface area contributed by atoms with Gasteiger partial charge in [0.15, 0.2) is 0 Å². The van der Waals surface area contributed by atoms with Crippen molar-refractivity contribution in [3.05, 3.63) is 35.9 Å². The predicted octanol–water partition coefficient (Wildman–Crippen LogP) is 3.20. The summed E-state index contributed by atoms with van der Waals surface area (Å²) in [7, 11) is 2.14. The Bertz CT molecular complexity index is 446. The summed E-state index contributed by atoms with van der Waals surface area (Å²) in [6.07, 6.45) is 2.37. The van der Waals surface area contributed by atoms with E-state index in [2.05, 4.69) is 31.0 Å². The third-order valence-corrected chi connectivity index (χ3v) is 4.32. The molecule has 0 aromatic heterocycles. The van der Waals surface area contributed by atoms with E-state index in [-0.39, 0.29) is 11.9 Å². The highest BCUT2D eigenvalue weighted by molar-refractivity contribution is 5.69. The first kappa shape index (κ1) is 15.0. The zero-order chi connectivity index (χ0) is 14.6. The minimum absolute atomic E-state index is 0.106. The monoisotopic (exact) mass is 275 g/mol. The number of likely N-dealkylation sites (tertiary alicyclic amines) is 1. The number of hydrogen-bond donors (Lipinski definition) is 0. The number of benzene rings is 1. The Hall–Kier alpha value is -1.35. The molecule has 1 aliphatic heterocycles. The Labute approximate surface area is 121 Å². The molecular formula is C17H25NO2. The van der Waals surface area contributed by atoms with Gasteiger partial charge in [0.2, 0.25) is 0 Å². The summed E-state index contributed by atoms with van der Waals surface area (Å²) in [6, 6.07) is 10.2. The van der Waals surface area contributed by atoms with Crippen molar-refractivity contribution < 1.29 is 9.53 Å². The fourth-order valence-corrected chi connectivity index (χ4v) is 3.20. The maximum atomic E-state index is 12.0. The first-order valence-corrected chi connectivity index (χ1v) is 7.54. The number of esters is 1. The Kier molecular flexibility index (Phi) is 4.81. The maximum absolute atomic E-state index is 12.0. The van der Waals surface area contributed by atoms with Crippen molar-refractivity contribution in [3.63, 3.8) is 0 Å². The molecule has 20 heavy (non-hydrogen) atoms. The lowest BCUT2D eigenvalue weighted by molar-refractivity contribution is -0.168. The molecule has 2 unspecified atom stereocenters. The lowest BCUT2D eigenvalue weighted by Gasteiger charge is -2.38. The van der Waals surface area contributed by atoms with E-state index in [0.717, 1.165) is 31.5 Å². The van der Waals surface area contributed by atoms with Gasteiger partial charge in [0, 0.05) is 18.9 Å². The van der Waals surface area contributed by atoms with Gasteiger partial charge in [-0.1, -0.05) is 44.2 Å². The van der Waals surface area contributed by atoms with Crippen molar-refractivity contribution >= 4 is 5.97 Å². The van der Waals surface area contributed by atoms with Crippen LogP contribution >= 0.6 is 0 Å². The van der Waals surface area contributed by atoms with Crippen molar-refractivity contribution in [2.24, 2.45) is 5.92 Å². The number of carbonyl (C=O) groups is 1. The standard InChI is InChI=1S/C17H25NO2/c1-4-16(19)20-17(15-9-6-5-7-10-15)11-8-12-18(3)13-14(17)2/h5-7,9-10,14H,4,8,11-13H2,1-3H3. The maximum Gasteiger partial charge on any atom is 0.306 e. The van der Waals surface area contributed by atoms with Gasteiger partial charge < -0.3 is 9.64 Å². The minimum Gasteiger partial charge on any atom is -0.454 e. The Morgan fingerprint density at radius 1 is 1.40 bits per heavy atom. The molecule has 1 aromatic carbocycles. The second-order valence-corrected chi connectivity index (χ2v) is 5.85. The van der Waals surface area contributed by atoms with Crippen LogP contribution in [0.1, 0.15) is 38.7 Å². The molecule has 3 nitrogen and oxygen atoms in total. The minimum atomic E-state index is -0.473. The molecule has 1 saturated heterocycles. The summed E-state index contributed by atoms with van der Waals surface area (Å²) in [5.41, 5.74) is 0.656. The predicted molar refractivity (Wildman–Crippen MR) is 80.4 cm³/mol. The van der Waals surface area contributed by atoms with Crippen LogP contribution in [-0.4, -0.2) is 31.0 Å². The topological polar surface area (TPSA) is 29.5 Å². The zero-order valence-corrected chi connectivity index (χ0v) is 12.8. The van der Waals surface area contributed by atoms with Crippen molar-refractivity contribution in [2.75, 3.05) is 20.1 Å². The third kappa shape index (κ3) is 3.04. The van der Waals surface area contributed by atoms with E-state index in [1.807, 2.05) is 25.1 Å². The number of ether oxygens (including phenoxy) is 1. The summed E-state index contributed by atoms with van der Waals surface area (Å²) in [4.78, 5) is 14.3. The Morgan fingerprint density at radius 2 is 2.10 bits per heavy atom. The lowest BCUT2D eigenvalue weighted by atomic mass is 9.79. The molecule has 0 N–H and O–H groups in total. The van der Waals surface area contributed by atoms with E-state index in [1.54, 1.807) is 0 Å². The summed E-state index contributed by atoms with van der Waals surface area (Å²) in [5, 5.41) is 0. The highest BCUT2D eigenvalue weighted by Gasteiger charge is 2.43. The number of nitrogens with zero attached hydrogens (tertiary/aromatic N) is 1. The van der Waals surface area contributed by atoms with Gasteiger partial charge in [-0.25, -0.2) is 0 Å². The normalized spacial score (nSPS) is 27.9. The Morgan fingerprint density at radius 3 is 2.75 bits per heavy atom. The van der Waals surface area contributed by atoms with Crippen LogP contribution < -0.4 is 0 Å². The van der Waals surface area contributed by atoms with E-state index in [9.17, 15) is 4.79 Å². The molecule has 1 aliphatic rings. The molecular weight excluding hydrogens is 250 g/mol.